The van der Waals surface area contributed by atoms with Gasteiger partial charge in [0.15, 0.2) is 11.5 Å². The zero-order chi connectivity index (χ0) is 17.9. The minimum absolute atomic E-state index is 0.142. The highest BCUT2D eigenvalue weighted by molar-refractivity contribution is 7.89. The molecule has 1 aliphatic heterocycles. The number of nitrogens with one attached hydrogen (secondary N) is 1. The molecule has 0 aromatic heterocycles. The van der Waals surface area contributed by atoms with Crippen LogP contribution in [0.4, 0.5) is 0 Å². The van der Waals surface area contributed by atoms with Gasteiger partial charge in [-0.2, -0.15) is 0 Å². The van der Waals surface area contributed by atoms with E-state index in [0.717, 1.165) is 16.9 Å². The molecule has 2 aromatic rings. The SMILES string of the molecule is Cc1ccc(OCCNS(=O)(=O)c2ccc3c(c2)OCCO3)c(C)c1. The summed E-state index contributed by atoms with van der Waals surface area (Å²) >= 11 is 0. The maximum absolute atomic E-state index is 12.4. The molecule has 0 atom stereocenters. The Morgan fingerprint density at radius 1 is 1.04 bits per heavy atom. The number of hydrogen-bond acceptors (Lipinski definition) is 5. The van der Waals surface area contributed by atoms with E-state index in [0.29, 0.717) is 24.7 Å². The van der Waals surface area contributed by atoms with E-state index in [4.69, 9.17) is 14.2 Å². The van der Waals surface area contributed by atoms with Crippen LogP contribution < -0.4 is 18.9 Å². The van der Waals surface area contributed by atoms with E-state index in [1.165, 1.54) is 12.1 Å². The summed E-state index contributed by atoms with van der Waals surface area (Å²) in [6, 6.07) is 10.5. The summed E-state index contributed by atoms with van der Waals surface area (Å²) in [5.74, 6) is 1.76. The monoisotopic (exact) mass is 363 g/mol. The van der Waals surface area contributed by atoms with Gasteiger partial charge in [0.25, 0.3) is 0 Å². The largest absolute Gasteiger partial charge is 0.492 e. The average molecular weight is 363 g/mol. The second-order valence-electron chi connectivity index (χ2n) is 5.82. The van der Waals surface area contributed by atoms with Crippen molar-refractivity contribution in [3.05, 3.63) is 47.5 Å². The van der Waals surface area contributed by atoms with Crippen molar-refractivity contribution in [2.45, 2.75) is 18.7 Å². The molecule has 1 aliphatic rings. The summed E-state index contributed by atoms with van der Waals surface area (Å²) < 4.78 is 43.8. The van der Waals surface area contributed by atoms with Crippen LogP contribution in [-0.2, 0) is 10.0 Å². The number of fused-ring (bicyclic) bond motifs is 1. The topological polar surface area (TPSA) is 73.9 Å². The fraction of sp³-hybridized carbons (Fsp3) is 0.333. The summed E-state index contributed by atoms with van der Waals surface area (Å²) in [6.07, 6.45) is 0. The first-order chi connectivity index (χ1) is 12.0. The molecular weight excluding hydrogens is 342 g/mol. The number of rotatable bonds is 6. The number of ether oxygens (including phenoxy) is 3. The molecule has 6 nitrogen and oxygen atoms in total. The highest BCUT2D eigenvalue weighted by Gasteiger charge is 2.19. The molecule has 2 aromatic carbocycles. The third-order valence-corrected chi connectivity index (χ3v) is 5.26. The first-order valence-corrected chi connectivity index (χ1v) is 9.53. The minimum Gasteiger partial charge on any atom is -0.492 e. The van der Waals surface area contributed by atoms with Gasteiger partial charge in [-0.1, -0.05) is 17.7 Å². The van der Waals surface area contributed by atoms with Gasteiger partial charge < -0.3 is 14.2 Å². The molecule has 25 heavy (non-hydrogen) atoms. The number of sulfonamides is 1. The number of hydrogen-bond donors (Lipinski definition) is 1. The van der Waals surface area contributed by atoms with Crippen LogP contribution in [0, 0.1) is 13.8 Å². The van der Waals surface area contributed by atoms with Crippen molar-refractivity contribution in [1.82, 2.24) is 4.72 Å². The third-order valence-electron chi connectivity index (χ3n) is 3.81. The fourth-order valence-corrected chi connectivity index (χ4v) is 3.60. The first-order valence-electron chi connectivity index (χ1n) is 8.05. The highest BCUT2D eigenvalue weighted by Crippen LogP contribution is 2.32. The van der Waals surface area contributed by atoms with E-state index in [-0.39, 0.29) is 18.0 Å². The minimum atomic E-state index is -3.63. The lowest BCUT2D eigenvalue weighted by atomic mass is 10.1. The molecule has 0 saturated heterocycles. The van der Waals surface area contributed by atoms with Crippen molar-refractivity contribution >= 4 is 10.0 Å². The predicted octanol–water partition coefficient (Wildman–Crippen LogP) is 2.43. The average Bonchev–Trinajstić information content (AvgIpc) is 2.60. The smallest absolute Gasteiger partial charge is 0.240 e. The Kier molecular flexibility index (Phi) is 5.15. The molecule has 0 radical (unpaired) electrons. The second kappa shape index (κ2) is 7.33. The maximum atomic E-state index is 12.4. The van der Waals surface area contributed by atoms with E-state index in [1.54, 1.807) is 6.07 Å². The van der Waals surface area contributed by atoms with Crippen LogP contribution in [0.3, 0.4) is 0 Å². The van der Waals surface area contributed by atoms with Crippen molar-refractivity contribution in [2.24, 2.45) is 0 Å². The van der Waals surface area contributed by atoms with Crippen LogP contribution >= 0.6 is 0 Å². The Bertz CT molecular complexity index is 864. The molecule has 0 spiro atoms. The summed E-state index contributed by atoms with van der Waals surface area (Å²) in [7, 11) is -3.63. The summed E-state index contributed by atoms with van der Waals surface area (Å²) in [6.45, 7) is 5.26. The van der Waals surface area contributed by atoms with E-state index < -0.39 is 10.0 Å². The zero-order valence-corrected chi connectivity index (χ0v) is 15.1. The third kappa shape index (κ3) is 4.24. The van der Waals surface area contributed by atoms with Crippen molar-refractivity contribution in [3.63, 3.8) is 0 Å². The van der Waals surface area contributed by atoms with Gasteiger partial charge in [0.05, 0.1) is 4.90 Å². The molecule has 0 unspecified atom stereocenters. The fourth-order valence-electron chi connectivity index (χ4n) is 2.57. The Hall–Kier alpha value is -2.25. The van der Waals surface area contributed by atoms with E-state index in [2.05, 4.69) is 4.72 Å². The van der Waals surface area contributed by atoms with E-state index >= 15 is 0 Å². The van der Waals surface area contributed by atoms with Gasteiger partial charge in [-0.25, -0.2) is 13.1 Å². The van der Waals surface area contributed by atoms with Crippen LogP contribution in [-0.4, -0.2) is 34.8 Å². The molecule has 7 heteroatoms. The van der Waals surface area contributed by atoms with E-state index in [9.17, 15) is 8.42 Å². The zero-order valence-electron chi connectivity index (χ0n) is 14.2. The molecule has 0 aliphatic carbocycles. The molecular formula is C18H21NO5S. The predicted molar refractivity (Wildman–Crippen MR) is 94.0 cm³/mol. The summed E-state index contributed by atoms with van der Waals surface area (Å²) in [5, 5.41) is 0. The van der Waals surface area contributed by atoms with Crippen LogP contribution in [0.2, 0.25) is 0 Å². The molecule has 3 rings (SSSR count). The van der Waals surface area contributed by atoms with Crippen LogP contribution in [0.15, 0.2) is 41.3 Å². The normalized spacial score (nSPS) is 13.5. The van der Waals surface area contributed by atoms with Gasteiger partial charge in [-0.15, -0.1) is 0 Å². The molecule has 0 fully saturated rings. The van der Waals surface area contributed by atoms with Gasteiger partial charge in [-0.3, -0.25) is 0 Å². The standard InChI is InChI=1S/C18H21NO5S/c1-13-3-5-16(14(2)11-13)22-8-7-19-25(20,21)15-4-6-17-18(12-15)24-10-9-23-17/h3-6,11-12,19H,7-10H2,1-2H3. The Morgan fingerprint density at radius 3 is 2.56 bits per heavy atom. The Labute approximate surface area is 147 Å². The lowest BCUT2D eigenvalue weighted by molar-refractivity contribution is 0.171. The van der Waals surface area contributed by atoms with E-state index in [1.807, 2.05) is 32.0 Å². The molecule has 134 valence electrons. The van der Waals surface area contributed by atoms with Gasteiger partial charge in [0.2, 0.25) is 10.0 Å². The number of benzene rings is 2. The number of aryl methyl sites for hydroxylation is 2. The quantitative estimate of drug-likeness (QED) is 0.798. The maximum Gasteiger partial charge on any atom is 0.240 e. The highest BCUT2D eigenvalue weighted by atomic mass is 32.2. The van der Waals surface area contributed by atoms with Gasteiger partial charge in [0, 0.05) is 12.6 Å². The van der Waals surface area contributed by atoms with Crippen LogP contribution in [0.5, 0.6) is 17.2 Å². The Morgan fingerprint density at radius 2 is 1.80 bits per heavy atom. The molecule has 1 heterocycles. The molecule has 0 bridgehead atoms. The molecule has 0 saturated carbocycles. The summed E-state index contributed by atoms with van der Waals surface area (Å²) in [5.41, 5.74) is 2.18. The molecule has 0 amide bonds. The van der Waals surface area contributed by atoms with Crippen LogP contribution in [0.1, 0.15) is 11.1 Å². The van der Waals surface area contributed by atoms with Crippen molar-refractivity contribution in [3.8, 4) is 17.2 Å². The second-order valence-corrected chi connectivity index (χ2v) is 7.59. The van der Waals surface area contributed by atoms with Crippen molar-refractivity contribution < 1.29 is 22.6 Å². The molecule has 1 N–H and O–H groups in total. The Balaban J connectivity index is 1.58. The van der Waals surface area contributed by atoms with Gasteiger partial charge >= 0.3 is 0 Å². The lowest BCUT2D eigenvalue weighted by Crippen LogP contribution is -2.28. The van der Waals surface area contributed by atoms with Crippen molar-refractivity contribution in [1.29, 1.82) is 0 Å². The van der Waals surface area contributed by atoms with Gasteiger partial charge in [0.1, 0.15) is 25.6 Å². The van der Waals surface area contributed by atoms with Gasteiger partial charge in [-0.05, 0) is 37.6 Å². The lowest BCUT2D eigenvalue weighted by Gasteiger charge is -2.19. The van der Waals surface area contributed by atoms with Crippen LogP contribution in [0.25, 0.3) is 0 Å². The summed E-state index contributed by atoms with van der Waals surface area (Å²) in [4.78, 5) is 0.142. The first kappa shape index (κ1) is 17.6. The van der Waals surface area contributed by atoms with Crippen molar-refractivity contribution in [2.75, 3.05) is 26.4 Å².